The van der Waals surface area contributed by atoms with Gasteiger partial charge in [0.05, 0.1) is 22.4 Å². The van der Waals surface area contributed by atoms with Crippen molar-refractivity contribution in [3.8, 4) is 11.5 Å². The van der Waals surface area contributed by atoms with E-state index >= 15 is 0 Å². The predicted octanol–water partition coefficient (Wildman–Crippen LogP) is 8.38. The zero-order valence-corrected chi connectivity index (χ0v) is 34.5. The van der Waals surface area contributed by atoms with Gasteiger partial charge in [-0.2, -0.15) is 26.3 Å². The minimum atomic E-state index is -6.72. The molecule has 0 N–H and O–H groups in total. The number of hydrogen-bond acceptors (Lipinski definition) is 10. The number of sulfonamides is 2. The second kappa shape index (κ2) is 19.5. The van der Waals surface area contributed by atoms with Crippen LogP contribution in [0.3, 0.4) is 0 Å². The second-order valence-corrected chi connectivity index (χ2v) is 16.4. The minimum absolute atomic E-state index is 0. The predicted molar refractivity (Wildman–Crippen MR) is 209 cm³/mol. The molecule has 0 aliphatic rings. The molecule has 0 aliphatic heterocycles. The van der Waals surface area contributed by atoms with E-state index < -0.39 is 31.1 Å². The molecule has 293 valence electrons. The fraction of sp³-hybridized carbons (Fsp3) is 0.0588. The van der Waals surface area contributed by atoms with Gasteiger partial charge in [-0.05, 0) is 105 Å². The number of alkyl halides is 6. The van der Waals surface area contributed by atoms with Gasteiger partial charge < -0.3 is 14.3 Å². The summed E-state index contributed by atoms with van der Waals surface area (Å²) in [5.74, 6) is -0.0512. The van der Waals surface area contributed by atoms with Crippen LogP contribution in [0.2, 0.25) is 0 Å². The van der Waals surface area contributed by atoms with E-state index in [4.69, 9.17) is 0 Å². The van der Waals surface area contributed by atoms with Gasteiger partial charge in [0.15, 0.2) is 20.0 Å². The van der Waals surface area contributed by atoms with Crippen molar-refractivity contribution >= 4 is 111 Å². The molecule has 0 amide bonds. The number of pyridine rings is 2. The molecule has 22 heteroatoms. The van der Waals surface area contributed by atoms with Crippen molar-refractivity contribution in [1.82, 2.24) is 9.97 Å². The first-order valence-electron chi connectivity index (χ1n) is 14.7. The maximum absolute atomic E-state index is 11.7. The van der Waals surface area contributed by atoms with Gasteiger partial charge in [0.1, 0.15) is 0 Å². The largest absolute Gasteiger partial charge is 3.00 e. The van der Waals surface area contributed by atoms with Crippen molar-refractivity contribution in [1.29, 1.82) is 0 Å². The van der Waals surface area contributed by atoms with E-state index in [0.717, 1.165) is 44.4 Å². The van der Waals surface area contributed by atoms with Crippen LogP contribution in [0.1, 0.15) is 11.1 Å². The SMILES string of the molecule is O=S(=O)([N-]S(=O)(=O)C(F)(F)F)C(F)(F)F.[Fe+3].[O-]c1ccc(I)cc1C=Nc1cccc2cccnc12.[O-]c1ccc(I)cc1C=Nc1cccc2cccnc12. The van der Waals surface area contributed by atoms with Crippen molar-refractivity contribution in [2.45, 2.75) is 11.0 Å². The van der Waals surface area contributed by atoms with Gasteiger partial charge in [-0.1, -0.05) is 60.0 Å². The first-order valence-corrected chi connectivity index (χ1v) is 19.8. The molecule has 4 aromatic carbocycles. The number of benzene rings is 4. The Balaban J connectivity index is 0.000000227. The van der Waals surface area contributed by atoms with Crippen molar-refractivity contribution < 1.29 is 70.5 Å². The van der Waals surface area contributed by atoms with E-state index in [1.165, 1.54) is 0 Å². The molecule has 6 rings (SSSR count). The molecule has 0 saturated heterocycles. The quantitative estimate of drug-likeness (QED) is 0.0691. The summed E-state index contributed by atoms with van der Waals surface area (Å²) in [7, 11) is -13.4. The number of nitrogens with zero attached hydrogens (tertiary/aromatic N) is 5. The average Bonchev–Trinajstić information content (AvgIpc) is 3.11. The van der Waals surface area contributed by atoms with E-state index in [9.17, 15) is 53.4 Å². The molecule has 0 unspecified atom stereocenters. The van der Waals surface area contributed by atoms with Crippen LogP contribution >= 0.6 is 45.2 Å². The van der Waals surface area contributed by atoms with Gasteiger partial charge in [0.25, 0.3) is 0 Å². The molecule has 0 aliphatic carbocycles. The average molecular weight is 1080 g/mol. The molecule has 56 heavy (non-hydrogen) atoms. The van der Waals surface area contributed by atoms with Gasteiger partial charge in [0.2, 0.25) is 0 Å². The van der Waals surface area contributed by atoms with Gasteiger partial charge in [-0.25, -0.2) is 16.8 Å². The molecule has 1 radical (unpaired) electrons. The number of aromatic nitrogens is 2. The number of hydrogen-bond donors (Lipinski definition) is 0. The molecular formula is C34H20F6FeI2N5O6S2. The second-order valence-electron chi connectivity index (χ2n) is 10.5. The minimum Gasteiger partial charge on any atom is -0.872 e. The van der Waals surface area contributed by atoms with E-state index in [0.29, 0.717) is 11.1 Å². The Kier molecular flexibility index (Phi) is 16.1. The number of para-hydroxylation sites is 2. The third kappa shape index (κ3) is 12.5. The summed E-state index contributed by atoms with van der Waals surface area (Å²) in [5.41, 5.74) is -8.03. The number of rotatable bonds is 6. The topological polar surface area (TPSA) is 179 Å². The molecule has 0 bridgehead atoms. The molecule has 6 aromatic rings. The van der Waals surface area contributed by atoms with Crippen LogP contribution in [0.4, 0.5) is 37.7 Å². The van der Waals surface area contributed by atoms with Gasteiger partial charge in [-0.3, -0.25) is 20.0 Å². The van der Waals surface area contributed by atoms with Crippen LogP contribution in [0.5, 0.6) is 11.5 Å². The summed E-state index contributed by atoms with van der Waals surface area (Å²) < 4.78 is 111. The fourth-order valence-corrected chi connectivity index (χ4v) is 6.86. The van der Waals surface area contributed by atoms with Gasteiger partial charge in [0, 0.05) is 42.7 Å². The van der Waals surface area contributed by atoms with Crippen molar-refractivity contribution in [2.24, 2.45) is 9.98 Å². The van der Waals surface area contributed by atoms with Crippen LogP contribution in [-0.2, 0) is 37.1 Å². The first kappa shape index (κ1) is 46.4. The summed E-state index contributed by atoms with van der Waals surface area (Å²) >= 11 is 4.36. The standard InChI is InChI=1S/2C16H11IN2O.C2F6NO4S2.Fe/c2*17-13-6-7-15(20)12(9-13)10-19-14-5-1-3-11-4-2-8-18-16(11)14;3-1(4,5)14(10,11)9-15(12,13)2(6,7)8;/h2*1-10,20H;;/q;;-1;+3/p-2. The summed E-state index contributed by atoms with van der Waals surface area (Å²) in [5, 5.41) is 25.6. The van der Waals surface area contributed by atoms with Crippen LogP contribution < -0.4 is 10.2 Å². The van der Waals surface area contributed by atoms with Crippen LogP contribution in [0.25, 0.3) is 25.9 Å². The zero-order valence-electron chi connectivity index (χ0n) is 27.4. The van der Waals surface area contributed by atoms with Crippen LogP contribution in [0.15, 0.2) is 119 Å². The summed E-state index contributed by atoms with van der Waals surface area (Å²) in [4.78, 5) is 17.5. The normalized spacial score (nSPS) is 12.1. The third-order valence-electron chi connectivity index (χ3n) is 6.63. The monoisotopic (exact) mass is 1080 g/mol. The van der Waals surface area contributed by atoms with E-state index in [1.807, 2.05) is 72.8 Å². The molecule has 2 heterocycles. The number of aliphatic imine (C=N–C) groups is 2. The molecule has 0 fully saturated rings. The summed E-state index contributed by atoms with van der Waals surface area (Å²) in [6.07, 6.45) is 6.69. The van der Waals surface area contributed by atoms with E-state index in [1.54, 1.807) is 49.1 Å². The molecule has 0 saturated carbocycles. The number of halogens is 8. The molecule has 0 atom stereocenters. The Bertz CT molecular complexity index is 2430. The van der Waals surface area contributed by atoms with Gasteiger partial charge in [-0.15, -0.1) is 0 Å². The van der Waals surface area contributed by atoms with Crippen molar-refractivity contribution in [3.63, 3.8) is 0 Å². The van der Waals surface area contributed by atoms with Crippen LogP contribution in [-0.4, -0.2) is 50.2 Å². The molecule has 0 spiro atoms. The van der Waals surface area contributed by atoms with Gasteiger partial charge >= 0.3 is 28.1 Å². The van der Waals surface area contributed by atoms with E-state index in [-0.39, 0.29) is 28.6 Å². The Labute approximate surface area is 352 Å². The molecule has 2 aromatic heterocycles. The van der Waals surface area contributed by atoms with Crippen molar-refractivity contribution in [3.05, 3.63) is 132 Å². The molecule has 11 nitrogen and oxygen atoms in total. The van der Waals surface area contributed by atoms with Crippen LogP contribution in [0, 0.1) is 7.14 Å². The maximum atomic E-state index is 11.7. The Morgan fingerprint density at radius 2 is 0.946 bits per heavy atom. The zero-order chi connectivity index (χ0) is 40.6. The Morgan fingerprint density at radius 3 is 1.30 bits per heavy atom. The third-order valence-corrected chi connectivity index (χ3v) is 10.7. The summed E-state index contributed by atoms with van der Waals surface area (Å²) in [6, 6.07) is 29.8. The smallest absolute Gasteiger partial charge is 0.872 e. The number of fused-ring (bicyclic) bond motifs is 2. The first-order chi connectivity index (χ1) is 25.7. The van der Waals surface area contributed by atoms with E-state index in [2.05, 4.69) is 65.1 Å². The Morgan fingerprint density at radius 1 is 0.589 bits per heavy atom. The molecular weight excluding hydrogens is 1060 g/mol. The fourth-order valence-electron chi connectivity index (χ4n) is 4.12. The van der Waals surface area contributed by atoms with Crippen molar-refractivity contribution in [2.75, 3.05) is 0 Å². The maximum Gasteiger partial charge on any atom is 3.00 e. The Hall–Kier alpha value is -3.94. The summed E-state index contributed by atoms with van der Waals surface area (Å²) in [6.45, 7) is 0.